The second kappa shape index (κ2) is 7.46. The maximum atomic E-state index is 5.35. The van der Waals surface area contributed by atoms with Crippen LogP contribution in [0.3, 0.4) is 0 Å². The minimum absolute atomic E-state index is 0.0342. The summed E-state index contributed by atoms with van der Waals surface area (Å²) in [6, 6.07) is 0.374. The van der Waals surface area contributed by atoms with Crippen LogP contribution in [0.15, 0.2) is 18.5 Å². The lowest BCUT2D eigenvalue weighted by Crippen LogP contribution is -2.51. The summed E-state index contributed by atoms with van der Waals surface area (Å²) in [7, 11) is 1.61. The van der Waals surface area contributed by atoms with E-state index in [2.05, 4.69) is 59.1 Å². The van der Waals surface area contributed by atoms with E-state index in [0.717, 1.165) is 42.6 Å². The minimum atomic E-state index is -0.0342. The van der Waals surface area contributed by atoms with Crippen LogP contribution in [-0.2, 0) is 6.54 Å². The van der Waals surface area contributed by atoms with Crippen LogP contribution >= 0.6 is 0 Å². The Morgan fingerprint density at radius 1 is 1.19 bits per heavy atom. The first-order chi connectivity index (χ1) is 15.2. The monoisotopic (exact) mass is 437 g/mol. The summed E-state index contributed by atoms with van der Waals surface area (Å²) in [5, 5.41) is 3.81. The van der Waals surface area contributed by atoms with Gasteiger partial charge in [0.1, 0.15) is 5.52 Å². The summed E-state index contributed by atoms with van der Waals surface area (Å²) in [6.45, 7) is 15.4. The highest BCUT2D eigenvalue weighted by molar-refractivity contribution is 5.84. The lowest BCUT2D eigenvalue weighted by Gasteiger charge is -2.59. The molecule has 2 aromatic heterocycles. The number of aryl methyl sites for hydroxylation is 1. The number of anilines is 1. The van der Waals surface area contributed by atoms with Gasteiger partial charge in [-0.05, 0) is 81.0 Å². The Bertz CT molecular complexity index is 1050. The predicted molar refractivity (Wildman–Crippen MR) is 129 cm³/mol. The van der Waals surface area contributed by atoms with Gasteiger partial charge in [0.15, 0.2) is 11.5 Å². The van der Waals surface area contributed by atoms with Crippen LogP contribution in [0.2, 0.25) is 0 Å². The van der Waals surface area contributed by atoms with Gasteiger partial charge in [-0.25, -0.2) is 4.98 Å². The fourth-order valence-corrected chi connectivity index (χ4v) is 7.14. The number of fused-ring (bicyclic) bond motifs is 1. The molecule has 2 aliphatic carbocycles. The van der Waals surface area contributed by atoms with Crippen molar-refractivity contribution in [3.63, 3.8) is 0 Å². The molecule has 0 radical (unpaired) electrons. The van der Waals surface area contributed by atoms with Gasteiger partial charge in [0, 0.05) is 12.1 Å². The molecule has 5 atom stereocenters. The second-order valence-electron chi connectivity index (χ2n) is 11.5. The van der Waals surface area contributed by atoms with Gasteiger partial charge in [-0.15, -0.1) is 0 Å². The Morgan fingerprint density at radius 2 is 2.00 bits per heavy atom. The van der Waals surface area contributed by atoms with Crippen molar-refractivity contribution in [2.45, 2.75) is 91.1 Å². The van der Waals surface area contributed by atoms with Crippen molar-refractivity contribution < 1.29 is 4.74 Å². The fraction of sp³-hybridized carbons (Fsp3) is 0.731. The van der Waals surface area contributed by atoms with Gasteiger partial charge in [0.05, 0.1) is 13.4 Å². The molecule has 32 heavy (non-hydrogen) atoms. The zero-order valence-corrected chi connectivity index (χ0v) is 20.5. The number of allylic oxidation sites excluding steroid dienone is 1. The standard InChI is InChI=1S/C26H39N5O/c1-17-8-7-9-19-25(17,4)11-10-18(2)26(19,5)13-12-24(3)14-15-31-16-27-21-20(31)22(30-24)29-23(28-21)32-6/h16,18-19H,1,7-15H2,2-6H3,(H,28,29,30)/t18-,19+,24-,25-,26+/m0/s1. The molecule has 0 unspecified atom stereocenters. The molecule has 2 fully saturated rings. The van der Waals surface area contributed by atoms with E-state index in [1.165, 1.54) is 44.1 Å². The van der Waals surface area contributed by atoms with Crippen molar-refractivity contribution in [3.8, 4) is 6.01 Å². The van der Waals surface area contributed by atoms with Gasteiger partial charge in [-0.2, -0.15) is 9.97 Å². The molecule has 2 aromatic rings. The maximum Gasteiger partial charge on any atom is 0.320 e. The SMILES string of the molecule is C=C1CCC[C@H]2[C@](C)(CC[C@@]3(C)CCn4cnc5nc(OC)nc(c54)N3)[C@@H](C)CC[C@@]12C. The first kappa shape index (κ1) is 21.7. The minimum Gasteiger partial charge on any atom is -0.467 e. The van der Waals surface area contributed by atoms with Gasteiger partial charge in [-0.1, -0.05) is 32.9 Å². The number of nitrogens with one attached hydrogen (secondary N) is 1. The third-order valence-electron chi connectivity index (χ3n) is 9.74. The van der Waals surface area contributed by atoms with E-state index < -0.39 is 0 Å². The third kappa shape index (κ3) is 3.24. The molecule has 174 valence electrons. The topological polar surface area (TPSA) is 64.9 Å². The number of hydrogen-bond donors (Lipinski definition) is 1. The summed E-state index contributed by atoms with van der Waals surface area (Å²) >= 11 is 0. The van der Waals surface area contributed by atoms with Gasteiger partial charge in [0.2, 0.25) is 0 Å². The van der Waals surface area contributed by atoms with Crippen LogP contribution in [0.5, 0.6) is 6.01 Å². The van der Waals surface area contributed by atoms with E-state index >= 15 is 0 Å². The number of ether oxygens (including phenoxy) is 1. The van der Waals surface area contributed by atoms with Crippen molar-refractivity contribution in [1.29, 1.82) is 0 Å². The van der Waals surface area contributed by atoms with Gasteiger partial charge in [-0.3, -0.25) is 0 Å². The highest BCUT2D eigenvalue weighted by Crippen LogP contribution is 2.63. The average molecular weight is 438 g/mol. The Hall–Kier alpha value is -2.11. The molecule has 6 nitrogen and oxygen atoms in total. The molecule has 2 saturated carbocycles. The van der Waals surface area contributed by atoms with Crippen LogP contribution in [-0.4, -0.2) is 32.2 Å². The molecule has 5 rings (SSSR count). The highest BCUT2D eigenvalue weighted by Gasteiger charge is 2.54. The third-order valence-corrected chi connectivity index (χ3v) is 9.74. The largest absolute Gasteiger partial charge is 0.467 e. The number of nitrogens with zero attached hydrogens (tertiary/aromatic N) is 4. The van der Waals surface area contributed by atoms with Gasteiger partial charge >= 0.3 is 6.01 Å². The van der Waals surface area contributed by atoms with E-state index in [0.29, 0.717) is 22.5 Å². The molecule has 0 amide bonds. The molecule has 3 aliphatic rings. The Morgan fingerprint density at radius 3 is 2.78 bits per heavy atom. The smallest absolute Gasteiger partial charge is 0.320 e. The summed E-state index contributed by atoms with van der Waals surface area (Å²) in [5.41, 5.74) is 3.81. The Labute approximate surface area is 192 Å². The average Bonchev–Trinajstić information content (AvgIpc) is 3.12. The quantitative estimate of drug-likeness (QED) is 0.595. The van der Waals surface area contributed by atoms with Crippen LogP contribution in [0.4, 0.5) is 5.82 Å². The molecular weight excluding hydrogens is 398 g/mol. The number of hydrogen-bond acceptors (Lipinski definition) is 5. The van der Waals surface area contributed by atoms with E-state index in [4.69, 9.17) is 4.74 Å². The summed E-state index contributed by atoms with van der Waals surface area (Å²) in [4.78, 5) is 13.6. The summed E-state index contributed by atoms with van der Waals surface area (Å²) < 4.78 is 7.54. The number of aromatic nitrogens is 4. The van der Waals surface area contributed by atoms with E-state index in [9.17, 15) is 0 Å². The van der Waals surface area contributed by atoms with E-state index in [1.54, 1.807) is 7.11 Å². The molecule has 6 heteroatoms. The molecule has 0 saturated heterocycles. The fourth-order valence-electron chi connectivity index (χ4n) is 7.14. The Kier molecular flexibility index (Phi) is 5.06. The van der Waals surface area contributed by atoms with Crippen LogP contribution in [0.1, 0.15) is 79.1 Å². The molecule has 0 aromatic carbocycles. The first-order valence-electron chi connectivity index (χ1n) is 12.4. The number of imidazole rings is 1. The highest BCUT2D eigenvalue weighted by atomic mass is 16.5. The Balaban J connectivity index is 1.42. The van der Waals surface area contributed by atoms with Crippen molar-refractivity contribution in [1.82, 2.24) is 19.5 Å². The van der Waals surface area contributed by atoms with Gasteiger partial charge < -0.3 is 14.6 Å². The van der Waals surface area contributed by atoms with Crippen molar-refractivity contribution >= 4 is 17.0 Å². The number of rotatable bonds is 4. The zero-order chi connectivity index (χ0) is 22.7. The zero-order valence-electron chi connectivity index (χ0n) is 20.5. The van der Waals surface area contributed by atoms with Gasteiger partial charge in [0.25, 0.3) is 0 Å². The van der Waals surface area contributed by atoms with E-state index in [-0.39, 0.29) is 5.54 Å². The van der Waals surface area contributed by atoms with Crippen molar-refractivity contribution in [3.05, 3.63) is 18.5 Å². The normalized spacial score (nSPS) is 37.0. The maximum absolute atomic E-state index is 5.35. The van der Waals surface area contributed by atoms with E-state index in [1.807, 2.05) is 6.33 Å². The van der Waals surface area contributed by atoms with Crippen LogP contribution < -0.4 is 10.1 Å². The number of methoxy groups -OCH3 is 1. The molecule has 1 N–H and O–H groups in total. The predicted octanol–water partition coefficient (Wildman–Crippen LogP) is 5.99. The summed E-state index contributed by atoms with van der Waals surface area (Å²) in [6.07, 6.45) is 11.8. The second-order valence-corrected chi connectivity index (χ2v) is 11.5. The lowest BCUT2D eigenvalue weighted by molar-refractivity contribution is -0.0579. The van der Waals surface area contributed by atoms with Crippen molar-refractivity contribution in [2.75, 3.05) is 12.4 Å². The molecular formula is C26H39N5O. The molecule has 3 heterocycles. The summed E-state index contributed by atoms with van der Waals surface area (Å²) in [5.74, 6) is 2.32. The van der Waals surface area contributed by atoms with Crippen LogP contribution in [0.25, 0.3) is 11.2 Å². The lowest BCUT2D eigenvalue weighted by atomic mass is 9.46. The van der Waals surface area contributed by atoms with Crippen LogP contribution in [0, 0.1) is 22.7 Å². The van der Waals surface area contributed by atoms with Crippen molar-refractivity contribution in [2.24, 2.45) is 22.7 Å². The molecule has 0 spiro atoms. The first-order valence-corrected chi connectivity index (χ1v) is 12.4. The molecule has 0 bridgehead atoms. The molecule has 1 aliphatic heterocycles.